The number of aryl methyl sites for hydroxylation is 2. The summed E-state index contributed by atoms with van der Waals surface area (Å²) in [6.07, 6.45) is 6.94. The highest BCUT2D eigenvalue weighted by atomic mass is 15.1. The highest BCUT2D eigenvalue weighted by molar-refractivity contribution is 5.15. The van der Waals surface area contributed by atoms with Gasteiger partial charge in [0, 0.05) is 24.6 Å². The van der Waals surface area contributed by atoms with E-state index in [9.17, 15) is 0 Å². The molecule has 3 nitrogen and oxygen atoms in total. The van der Waals surface area contributed by atoms with E-state index in [4.69, 9.17) is 10.7 Å². The van der Waals surface area contributed by atoms with Crippen LogP contribution in [0.25, 0.3) is 0 Å². The number of imidazole rings is 1. The zero-order valence-electron chi connectivity index (χ0n) is 9.79. The second-order valence-electron chi connectivity index (χ2n) is 5.12. The largest absolute Gasteiger partial charge is 0.335 e. The van der Waals surface area contributed by atoms with Gasteiger partial charge in [-0.1, -0.05) is 13.8 Å². The Morgan fingerprint density at radius 2 is 2.27 bits per heavy atom. The quantitative estimate of drug-likeness (QED) is 0.822. The van der Waals surface area contributed by atoms with E-state index >= 15 is 0 Å². The molecule has 0 fully saturated rings. The van der Waals surface area contributed by atoms with Gasteiger partial charge in [0.15, 0.2) is 0 Å². The molecule has 0 unspecified atom stereocenters. The van der Waals surface area contributed by atoms with E-state index in [0.717, 1.165) is 25.9 Å². The zero-order valence-corrected chi connectivity index (χ0v) is 9.79. The van der Waals surface area contributed by atoms with Gasteiger partial charge in [-0.2, -0.15) is 0 Å². The molecule has 0 saturated heterocycles. The van der Waals surface area contributed by atoms with E-state index in [1.807, 2.05) is 0 Å². The van der Waals surface area contributed by atoms with Crippen LogP contribution in [0.4, 0.5) is 0 Å². The number of hydrogen-bond acceptors (Lipinski definition) is 2. The summed E-state index contributed by atoms with van der Waals surface area (Å²) in [5.41, 5.74) is 6.98. The van der Waals surface area contributed by atoms with E-state index in [0.29, 0.717) is 0 Å². The van der Waals surface area contributed by atoms with Crippen LogP contribution in [-0.2, 0) is 18.4 Å². The molecule has 1 aromatic heterocycles. The van der Waals surface area contributed by atoms with Crippen molar-refractivity contribution in [3.63, 3.8) is 0 Å². The summed E-state index contributed by atoms with van der Waals surface area (Å²) in [5.74, 6) is 1.27. The maximum atomic E-state index is 5.64. The van der Waals surface area contributed by atoms with Crippen LogP contribution >= 0.6 is 0 Å². The van der Waals surface area contributed by atoms with Crippen molar-refractivity contribution in [1.29, 1.82) is 0 Å². The molecule has 0 atom stereocenters. The van der Waals surface area contributed by atoms with Crippen molar-refractivity contribution < 1.29 is 0 Å². The van der Waals surface area contributed by atoms with E-state index in [-0.39, 0.29) is 5.41 Å². The topological polar surface area (TPSA) is 43.8 Å². The lowest BCUT2D eigenvalue weighted by molar-refractivity contribution is 0.474. The lowest BCUT2D eigenvalue weighted by Crippen LogP contribution is -2.22. The molecule has 0 spiro atoms. The highest BCUT2D eigenvalue weighted by Crippen LogP contribution is 2.27. The van der Waals surface area contributed by atoms with Crippen LogP contribution in [0.1, 0.15) is 44.6 Å². The third kappa shape index (κ3) is 2.07. The van der Waals surface area contributed by atoms with Crippen molar-refractivity contribution in [3.05, 3.63) is 17.7 Å². The fraction of sp³-hybridized carbons (Fsp3) is 0.750. The molecule has 1 aromatic rings. The summed E-state index contributed by atoms with van der Waals surface area (Å²) in [7, 11) is 0. The molecular formula is C12H21N3. The van der Waals surface area contributed by atoms with E-state index in [1.165, 1.54) is 24.4 Å². The predicted molar refractivity (Wildman–Crippen MR) is 61.9 cm³/mol. The van der Waals surface area contributed by atoms with Crippen LogP contribution in [-0.4, -0.2) is 16.1 Å². The lowest BCUT2D eigenvalue weighted by Gasteiger charge is -2.20. The Kier molecular flexibility index (Phi) is 2.83. The van der Waals surface area contributed by atoms with Gasteiger partial charge in [-0.25, -0.2) is 4.98 Å². The van der Waals surface area contributed by atoms with E-state index in [1.54, 1.807) is 0 Å². The molecule has 2 N–H and O–H groups in total. The number of nitrogens with two attached hydrogens (primary N) is 1. The summed E-state index contributed by atoms with van der Waals surface area (Å²) < 4.78 is 2.32. The molecular weight excluding hydrogens is 186 g/mol. The van der Waals surface area contributed by atoms with Gasteiger partial charge in [0.1, 0.15) is 5.82 Å². The second-order valence-corrected chi connectivity index (χ2v) is 5.12. The number of aromatic nitrogens is 2. The standard InChI is InChI=1S/C12H21N3/c1-12(2,6-7-13)10-9-15-8-4-3-5-11(15)14-10/h9H,3-8,13H2,1-2H3. The molecule has 2 heterocycles. The average Bonchev–Trinajstić information content (AvgIpc) is 2.61. The van der Waals surface area contributed by atoms with Gasteiger partial charge in [0.05, 0.1) is 5.69 Å². The minimum atomic E-state index is 0.124. The molecule has 15 heavy (non-hydrogen) atoms. The third-order valence-corrected chi connectivity index (χ3v) is 3.37. The van der Waals surface area contributed by atoms with Gasteiger partial charge < -0.3 is 10.3 Å². The minimum Gasteiger partial charge on any atom is -0.335 e. The van der Waals surface area contributed by atoms with Crippen LogP contribution in [0, 0.1) is 0 Å². The second kappa shape index (κ2) is 3.97. The van der Waals surface area contributed by atoms with E-state index in [2.05, 4.69) is 24.6 Å². The normalized spacial score (nSPS) is 16.5. The maximum Gasteiger partial charge on any atom is 0.108 e. The van der Waals surface area contributed by atoms with E-state index < -0.39 is 0 Å². The number of nitrogens with zero attached hydrogens (tertiary/aromatic N) is 2. The Balaban J connectivity index is 2.25. The summed E-state index contributed by atoms with van der Waals surface area (Å²) in [5, 5.41) is 0. The maximum absolute atomic E-state index is 5.64. The van der Waals surface area contributed by atoms with Crippen molar-refractivity contribution in [3.8, 4) is 0 Å². The lowest BCUT2D eigenvalue weighted by atomic mass is 9.86. The first-order chi connectivity index (χ1) is 7.13. The molecule has 0 radical (unpaired) electrons. The molecule has 0 aliphatic carbocycles. The first-order valence-electron chi connectivity index (χ1n) is 5.90. The van der Waals surface area contributed by atoms with Crippen LogP contribution in [0.3, 0.4) is 0 Å². The van der Waals surface area contributed by atoms with Gasteiger partial charge in [-0.15, -0.1) is 0 Å². The van der Waals surface area contributed by atoms with Gasteiger partial charge in [0.25, 0.3) is 0 Å². The summed E-state index contributed by atoms with van der Waals surface area (Å²) in [6, 6.07) is 0. The molecule has 0 saturated carbocycles. The summed E-state index contributed by atoms with van der Waals surface area (Å²) in [4.78, 5) is 4.75. The molecule has 84 valence electrons. The average molecular weight is 207 g/mol. The van der Waals surface area contributed by atoms with Crippen LogP contribution in [0.15, 0.2) is 6.20 Å². The first-order valence-corrected chi connectivity index (χ1v) is 5.90. The number of fused-ring (bicyclic) bond motifs is 1. The Morgan fingerprint density at radius 3 is 2.93 bits per heavy atom. The van der Waals surface area contributed by atoms with Crippen molar-refractivity contribution in [2.24, 2.45) is 5.73 Å². The Hall–Kier alpha value is -0.830. The first kappa shape index (κ1) is 10.7. The summed E-state index contributed by atoms with van der Waals surface area (Å²) >= 11 is 0. The molecule has 0 aromatic carbocycles. The predicted octanol–water partition coefficient (Wildman–Crippen LogP) is 1.85. The Bertz CT molecular complexity index is 315. The fourth-order valence-corrected chi connectivity index (χ4v) is 2.23. The van der Waals surface area contributed by atoms with Crippen molar-refractivity contribution in [2.45, 2.75) is 51.5 Å². The van der Waals surface area contributed by atoms with Gasteiger partial charge in [0.2, 0.25) is 0 Å². The van der Waals surface area contributed by atoms with Crippen molar-refractivity contribution in [2.75, 3.05) is 6.54 Å². The monoisotopic (exact) mass is 207 g/mol. The smallest absolute Gasteiger partial charge is 0.108 e. The molecule has 3 heteroatoms. The minimum absolute atomic E-state index is 0.124. The molecule has 1 aliphatic rings. The van der Waals surface area contributed by atoms with Gasteiger partial charge in [-0.3, -0.25) is 0 Å². The summed E-state index contributed by atoms with van der Waals surface area (Å²) in [6.45, 7) is 6.33. The third-order valence-electron chi connectivity index (χ3n) is 3.37. The highest BCUT2D eigenvalue weighted by Gasteiger charge is 2.24. The van der Waals surface area contributed by atoms with Crippen LogP contribution in [0.2, 0.25) is 0 Å². The van der Waals surface area contributed by atoms with Crippen LogP contribution in [0.5, 0.6) is 0 Å². The molecule has 2 rings (SSSR count). The fourth-order valence-electron chi connectivity index (χ4n) is 2.23. The number of hydrogen-bond donors (Lipinski definition) is 1. The Morgan fingerprint density at radius 1 is 1.47 bits per heavy atom. The number of rotatable bonds is 3. The van der Waals surface area contributed by atoms with Crippen molar-refractivity contribution >= 4 is 0 Å². The SMILES string of the molecule is CC(C)(CCN)c1cn2c(n1)CCCC2. The van der Waals surface area contributed by atoms with Crippen LogP contribution < -0.4 is 5.73 Å². The molecule has 1 aliphatic heterocycles. The van der Waals surface area contributed by atoms with Crippen molar-refractivity contribution in [1.82, 2.24) is 9.55 Å². The molecule has 0 amide bonds. The Labute approximate surface area is 91.7 Å². The van der Waals surface area contributed by atoms with Gasteiger partial charge in [-0.05, 0) is 25.8 Å². The van der Waals surface area contributed by atoms with Gasteiger partial charge >= 0.3 is 0 Å². The zero-order chi connectivity index (χ0) is 10.9. The molecule has 0 bridgehead atoms.